The smallest absolute Gasteiger partial charge is 0.243 e. The maximum absolute atomic E-state index is 12.3. The Labute approximate surface area is 116 Å². The van der Waals surface area contributed by atoms with Crippen molar-refractivity contribution < 1.29 is 13.2 Å². The molecule has 0 atom stereocenters. The molecule has 2 rings (SSSR count). The minimum absolute atomic E-state index is 0.364. The van der Waals surface area contributed by atoms with Crippen LogP contribution in [0.1, 0.15) is 5.56 Å². The van der Waals surface area contributed by atoms with E-state index < -0.39 is 10.0 Å². The van der Waals surface area contributed by atoms with Crippen molar-refractivity contribution in [3.8, 4) is 0 Å². The van der Waals surface area contributed by atoms with Gasteiger partial charge in [-0.1, -0.05) is 28.1 Å². The van der Waals surface area contributed by atoms with Gasteiger partial charge in [0.25, 0.3) is 0 Å². The molecule has 1 aromatic carbocycles. The molecule has 0 saturated carbocycles. The molecule has 0 aromatic heterocycles. The van der Waals surface area contributed by atoms with Crippen molar-refractivity contribution in [2.24, 2.45) is 0 Å². The second-order valence-corrected chi connectivity index (χ2v) is 6.83. The van der Waals surface area contributed by atoms with Crippen molar-refractivity contribution in [2.45, 2.75) is 11.3 Å². The first-order valence-electron chi connectivity index (χ1n) is 5.87. The molecule has 0 unspecified atom stereocenters. The van der Waals surface area contributed by atoms with Crippen molar-refractivity contribution in [3.63, 3.8) is 0 Å². The monoisotopic (exact) mass is 333 g/mol. The Morgan fingerprint density at radius 3 is 2.33 bits per heavy atom. The van der Waals surface area contributed by atoms with E-state index in [0.717, 1.165) is 17.3 Å². The Morgan fingerprint density at radius 2 is 1.78 bits per heavy atom. The normalized spacial score (nSPS) is 17.8. The van der Waals surface area contributed by atoms with Gasteiger partial charge in [-0.15, -0.1) is 0 Å². The van der Waals surface area contributed by atoms with Gasteiger partial charge in [-0.2, -0.15) is 4.31 Å². The maximum atomic E-state index is 12.3. The average molecular weight is 334 g/mol. The lowest BCUT2D eigenvalue weighted by Crippen LogP contribution is -2.40. The zero-order chi connectivity index (χ0) is 13.0. The Kier molecular flexibility index (Phi) is 4.77. The molecule has 1 aliphatic rings. The summed E-state index contributed by atoms with van der Waals surface area (Å²) in [5, 5.41) is 0.878. The van der Waals surface area contributed by atoms with Crippen LogP contribution in [0, 0.1) is 0 Å². The zero-order valence-corrected chi connectivity index (χ0v) is 12.4. The molecule has 0 N–H and O–H groups in total. The fraction of sp³-hybridized carbons (Fsp3) is 0.500. The lowest BCUT2D eigenvalue weighted by atomic mass is 10.2. The van der Waals surface area contributed by atoms with Crippen molar-refractivity contribution in [1.29, 1.82) is 0 Å². The molecule has 100 valence electrons. The van der Waals surface area contributed by atoms with Crippen LogP contribution in [0.3, 0.4) is 0 Å². The second kappa shape index (κ2) is 6.14. The Hall–Kier alpha value is -0.430. The summed E-state index contributed by atoms with van der Waals surface area (Å²) in [4.78, 5) is 0.364. The number of ether oxygens (including phenoxy) is 1. The standard InChI is InChI=1S/C12H16BrNO3S/c13-6-5-11-1-3-12(4-2-11)18(15,16)14-7-9-17-10-8-14/h1-4H,5-10H2. The Bertz CT molecular complexity index is 481. The van der Waals surface area contributed by atoms with Gasteiger partial charge in [0.1, 0.15) is 0 Å². The van der Waals surface area contributed by atoms with E-state index in [1.807, 2.05) is 12.1 Å². The third-order valence-corrected chi connectivity index (χ3v) is 5.22. The van der Waals surface area contributed by atoms with E-state index in [4.69, 9.17) is 4.74 Å². The van der Waals surface area contributed by atoms with Crippen LogP contribution < -0.4 is 0 Å². The lowest BCUT2D eigenvalue weighted by molar-refractivity contribution is 0.0730. The fourth-order valence-corrected chi connectivity index (χ4v) is 3.74. The summed E-state index contributed by atoms with van der Waals surface area (Å²) in [6.45, 7) is 1.82. The number of rotatable bonds is 4. The highest BCUT2D eigenvalue weighted by atomic mass is 79.9. The lowest BCUT2D eigenvalue weighted by Gasteiger charge is -2.26. The van der Waals surface area contributed by atoms with Crippen molar-refractivity contribution >= 4 is 26.0 Å². The van der Waals surface area contributed by atoms with Gasteiger partial charge in [-0.05, 0) is 24.1 Å². The molecule has 0 spiro atoms. The molecule has 18 heavy (non-hydrogen) atoms. The summed E-state index contributed by atoms with van der Waals surface area (Å²) >= 11 is 3.37. The molecule has 1 heterocycles. The molecule has 6 heteroatoms. The van der Waals surface area contributed by atoms with Crippen molar-refractivity contribution in [2.75, 3.05) is 31.6 Å². The van der Waals surface area contributed by atoms with Gasteiger partial charge in [0.05, 0.1) is 18.1 Å². The summed E-state index contributed by atoms with van der Waals surface area (Å²) < 4.78 is 31.3. The van der Waals surface area contributed by atoms with Gasteiger partial charge in [0, 0.05) is 18.4 Å². The number of benzene rings is 1. The minimum atomic E-state index is -3.35. The highest BCUT2D eigenvalue weighted by molar-refractivity contribution is 9.09. The van der Waals surface area contributed by atoms with Crippen LogP contribution in [-0.4, -0.2) is 44.4 Å². The van der Waals surface area contributed by atoms with Crippen LogP contribution in [0.2, 0.25) is 0 Å². The van der Waals surface area contributed by atoms with Crippen LogP contribution in [0.25, 0.3) is 0 Å². The van der Waals surface area contributed by atoms with E-state index in [1.165, 1.54) is 4.31 Å². The third-order valence-electron chi connectivity index (χ3n) is 2.91. The molecule has 1 aliphatic heterocycles. The van der Waals surface area contributed by atoms with E-state index in [-0.39, 0.29) is 0 Å². The number of sulfonamides is 1. The van der Waals surface area contributed by atoms with Gasteiger partial charge >= 0.3 is 0 Å². The van der Waals surface area contributed by atoms with E-state index in [2.05, 4.69) is 15.9 Å². The minimum Gasteiger partial charge on any atom is -0.379 e. The summed E-state index contributed by atoms with van der Waals surface area (Å²) in [7, 11) is -3.35. The molecule has 1 saturated heterocycles. The van der Waals surface area contributed by atoms with Gasteiger partial charge in [-0.3, -0.25) is 0 Å². The van der Waals surface area contributed by atoms with E-state index in [1.54, 1.807) is 12.1 Å². The molecule has 1 fully saturated rings. The topological polar surface area (TPSA) is 46.6 Å². The van der Waals surface area contributed by atoms with Crippen LogP contribution in [0.15, 0.2) is 29.2 Å². The quantitative estimate of drug-likeness (QED) is 0.787. The third kappa shape index (κ3) is 3.12. The van der Waals surface area contributed by atoms with Gasteiger partial charge < -0.3 is 4.74 Å². The molecule has 0 amide bonds. The zero-order valence-electron chi connectivity index (χ0n) is 10.0. The molecular formula is C12H16BrNO3S. The maximum Gasteiger partial charge on any atom is 0.243 e. The van der Waals surface area contributed by atoms with E-state index >= 15 is 0 Å². The van der Waals surface area contributed by atoms with Gasteiger partial charge in [0.2, 0.25) is 10.0 Å². The van der Waals surface area contributed by atoms with Gasteiger partial charge in [0.15, 0.2) is 0 Å². The Morgan fingerprint density at radius 1 is 1.17 bits per heavy atom. The molecular weight excluding hydrogens is 318 g/mol. The number of aryl methyl sites for hydroxylation is 1. The molecule has 0 radical (unpaired) electrons. The predicted molar refractivity (Wildman–Crippen MR) is 73.5 cm³/mol. The predicted octanol–water partition coefficient (Wildman–Crippen LogP) is 1.64. The molecule has 0 bridgehead atoms. The first-order chi connectivity index (χ1) is 8.64. The van der Waals surface area contributed by atoms with Crippen LogP contribution in [-0.2, 0) is 21.2 Å². The van der Waals surface area contributed by atoms with Crippen molar-refractivity contribution in [1.82, 2.24) is 4.31 Å². The number of nitrogens with zero attached hydrogens (tertiary/aromatic N) is 1. The largest absolute Gasteiger partial charge is 0.379 e. The molecule has 0 aliphatic carbocycles. The number of hydrogen-bond donors (Lipinski definition) is 0. The summed E-state index contributed by atoms with van der Waals surface area (Å²) in [6, 6.07) is 7.11. The van der Waals surface area contributed by atoms with E-state index in [9.17, 15) is 8.42 Å². The average Bonchev–Trinajstić information content (AvgIpc) is 2.41. The number of morpholine rings is 1. The van der Waals surface area contributed by atoms with E-state index in [0.29, 0.717) is 31.2 Å². The molecule has 4 nitrogen and oxygen atoms in total. The van der Waals surface area contributed by atoms with Crippen LogP contribution >= 0.6 is 15.9 Å². The first-order valence-corrected chi connectivity index (χ1v) is 8.43. The van der Waals surface area contributed by atoms with Gasteiger partial charge in [-0.25, -0.2) is 8.42 Å². The second-order valence-electron chi connectivity index (χ2n) is 4.10. The highest BCUT2D eigenvalue weighted by Crippen LogP contribution is 2.18. The van der Waals surface area contributed by atoms with Crippen LogP contribution in [0.4, 0.5) is 0 Å². The number of halogens is 1. The summed E-state index contributed by atoms with van der Waals surface area (Å²) in [5.74, 6) is 0. The summed E-state index contributed by atoms with van der Waals surface area (Å²) in [5.41, 5.74) is 1.13. The van der Waals surface area contributed by atoms with Crippen molar-refractivity contribution in [3.05, 3.63) is 29.8 Å². The SMILES string of the molecule is O=S(=O)(c1ccc(CCBr)cc1)N1CCOCC1. The first kappa shape index (κ1) is 14.0. The number of hydrogen-bond acceptors (Lipinski definition) is 3. The van der Waals surface area contributed by atoms with Crippen LogP contribution in [0.5, 0.6) is 0 Å². The Balaban J connectivity index is 2.18. The molecule has 1 aromatic rings. The highest BCUT2D eigenvalue weighted by Gasteiger charge is 2.25. The number of alkyl halides is 1. The fourth-order valence-electron chi connectivity index (χ4n) is 1.87. The summed E-state index contributed by atoms with van der Waals surface area (Å²) in [6.07, 6.45) is 0.901.